The first-order chi connectivity index (χ1) is 61.0. The average Bonchev–Trinajstić information content (AvgIpc) is 1.08. The summed E-state index contributed by atoms with van der Waals surface area (Å²) >= 11 is 0. The van der Waals surface area contributed by atoms with Crippen molar-refractivity contribution in [3.8, 4) is 113 Å². The van der Waals surface area contributed by atoms with Crippen LogP contribution >= 0.6 is 0 Å². The number of hydrogen-bond acceptors (Lipinski definition) is 6. The molecule has 0 N–H and O–H groups in total. The molecule has 2 unspecified atom stereocenters. The maximum absolute atomic E-state index is 5.14. The molecule has 8 heterocycles. The Bertz CT molecular complexity index is 7860. The lowest BCUT2D eigenvalue weighted by Gasteiger charge is -2.50. The van der Waals surface area contributed by atoms with Crippen LogP contribution in [0.2, 0.25) is 26.2 Å². The monoisotopic (exact) mass is 1620 g/mol. The molecule has 4 aliphatic rings. The fraction of sp³-hybridized carbons (Fsp3) is 0.0526. The number of aromatic nitrogens is 8. The molecular weight excluding hydrogens is 1540 g/mol. The van der Waals surface area contributed by atoms with Crippen LogP contribution in [0.1, 0.15) is 44.5 Å². The summed E-state index contributed by atoms with van der Waals surface area (Å²) in [5.41, 5.74) is 30.3. The predicted octanol–water partition coefficient (Wildman–Crippen LogP) is 24.6. The Morgan fingerprint density at radius 2 is 0.476 bits per heavy atom. The molecule has 2 atom stereocenters. The average molecular weight is 1620 g/mol. The third kappa shape index (κ3) is 10.8. The van der Waals surface area contributed by atoms with E-state index in [0.717, 1.165) is 44.5 Å². The summed E-state index contributed by atoms with van der Waals surface area (Å²) in [7, 11) is -4.68. The van der Waals surface area contributed by atoms with E-state index in [1.807, 2.05) is 60.7 Å². The molecule has 4 aromatic heterocycles. The minimum Gasteiger partial charge on any atom is -0.309 e. The highest BCUT2D eigenvalue weighted by Gasteiger charge is 2.56. The normalized spacial score (nSPS) is 15.6. The molecule has 2 spiro atoms. The second kappa shape index (κ2) is 28.2. The lowest BCUT2D eigenvalue weighted by molar-refractivity contribution is 0.732. The van der Waals surface area contributed by atoms with Gasteiger partial charge in [0, 0.05) is 54.9 Å². The molecule has 0 saturated carbocycles. The summed E-state index contributed by atoms with van der Waals surface area (Å²) in [6, 6.07) is 150. The van der Waals surface area contributed by atoms with E-state index < -0.39 is 27.0 Å². The van der Waals surface area contributed by atoms with Crippen molar-refractivity contribution in [3.63, 3.8) is 0 Å². The van der Waals surface area contributed by atoms with Crippen molar-refractivity contribution in [2.45, 2.75) is 37.0 Å². The Morgan fingerprint density at radius 1 is 0.202 bits per heavy atom. The summed E-state index contributed by atoms with van der Waals surface area (Å²) in [4.78, 5) is 30.5. The first-order valence-corrected chi connectivity index (χ1v) is 48.8. The lowest BCUT2D eigenvalue weighted by atomic mass is 9.62. The fourth-order valence-electron chi connectivity index (χ4n) is 21.7. The Kier molecular flexibility index (Phi) is 16.6. The van der Waals surface area contributed by atoms with E-state index in [2.05, 4.69) is 387 Å². The van der Waals surface area contributed by atoms with Gasteiger partial charge < -0.3 is 9.13 Å². The molecule has 0 radical (unpaired) electrons. The molecule has 124 heavy (non-hydrogen) atoms. The standard InChI is InChI=1S/C60H42N4Si.C54H38N4Si/c1-65(2)54-30-14-11-25-49(54)60(48-24-10-13-29-53(48)64-52-28-12-9-21-46(52)47-23-16-26-50(60)55(47)64)51-27-15-22-45(56(51)65)41-33-37-44(38-34-41)59-62-57(42-19-7-4-8-20-42)61-58(63-59)43-35-31-40(32-36-43)39-17-5-3-6-18-39;1-59(2)48-33-14-11-28-43(48)54(42-27-10-13-32-47(42)58-46-31-12-9-24-40(46)41-26-17-29-44(54)49(41)58)45-30-16-25-39(50(45)59)37-22-15-23-38(34-37)53-56-51(35-18-5-3-6-19-35)55-52(57-53)36-20-7-4-8-21-36/h3-38H,1-2H3;3-34H,1-2H3. The molecular formula is C114H80N8Si2. The zero-order valence-corrected chi connectivity index (χ0v) is 70.8. The summed E-state index contributed by atoms with van der Waals surface area (Å²) in [5.74, 6) is 3.92. The van der Waals surface area contributed by atoms with Crippen LogP contribution < -0.4 is 20.7 Å². The molecule has 4 aliphatic heterocycles. The maximum atomic E-state index is 5.14. The highest BCUT2D eigenvalue weighted by atomic mass is 28.3. The minimum atomic E-state index is -2.35. The van der Waals surface area contributed by atoms with Gasteiger partial charge in [-0.05, 0) is 129 Å². The molecule has 17 aromatic carbocycles. The Labute approximate surface area is 721 Å². The van der Waals surface area contributed by atoms with Crippen molar-refractivity contribution in [2.75, 3.05) is 0 Å². The third-order valence-corrected chi connectivity index (χ3v) is 34.1. The smallest absolute Gasteiger partial charge is 0.164 e. The van der Waals surface area contributed by atoms with Crippen LogP contribution in [0.4, 0.5) is 0 Å². The van der Waals surface area contributed by atoms with Crippen LogP contribution in [-0.4, -0.2) is 55.2 Å². The van der Waals surface area contributed by atoms with Crippen LogP contribution in [0.25, 0.3) is 157 Å². The van der Waals surface area contributed by atoms with Gasteiger partial charge in [0.15, 0.2) is 34.9 Å². The molecule has 25 rings (SSSR count). The number of hydrogen-bond donors (Lipinski definition) is 0. The van der Waals surface area contributed by atoms with Gasteiger partial charge in [0.1, 0.15) is 16.1 Å². The van der Waals surface area contributed by atoms with Crippen molar-refractivity contribution >= 4 is 80.5 Å². The molecule has 0 fully saturated rings. The maximum Gasteiger partial charge on any atom is 0.164 e. The predicted molar refractivity (Wildman–Crippen MR) is 514 cm³/mol. The molecule has 0 saturated heterocycles. The number of para-hydroxylation sites is 6. The lowest BCUT2D eigenvalue weighted by Crippen LogP contribution is -2.64. The molecule has 10 heteroatoms. The van der Waals surface area contributed by atoms with Gasteiger partial charge >= 0.3 is 0 Å². The Hall–Kier alpha value is -15.2. The van der Waals surface area contributed by atoms with Crippen molar-refractivity contribution in [1.82, 2.24) is 39.0 Å². The first kappa shape index (κ1) is 72.8. The van der Waals surface area contributed by atoms with E-state index in [4.69, 9.17) is 29.9 Å². The second-order valence-corrected chi connectivity index (χ2v) is 42.8. The van der Waals surface area contributed by atoms with Gasteiger partial charge in [-0.2, -0.15) is 0 Å². The third-order valence-electron chi connectivity index (χ3n) is 27.0. The molecule has 8 nitrogen and oxygen atoms in total. The molecule has 21 aromatic rings. The minimum absolute atomic E-state index is 0.528. The van der Waals surface area contributed by atoms with Gasteiger partial charge in [0.25, 0.3) is 0 Å². The number of rotatable bonds is 9. The first-order valence-electron chi connectivity index (χ1n) is 42.8. The van der Waals surface area contributed by atoms with Crippen molar-refractivity contribution < 1.29 is 0 Å². The summed E-state index contributed by atoms with van der Waals surface area (Å²) in [6.45, 7) is 10.2. The van der Waals surface area contributed by atoms with E-state index in [-0.39, 0.29) is 0 Å². The van der Waals surface area contributed by atoms with Crippen molar-refractivity contribution in [3.05, 3.63) is 457 Å². The van der Waals surface area contributed by atoms with Gasteiger partial charge in [-0.3, -0.25) is 0 Å². The van der Waals surface area contributed by atoms with Crippen LogP contribution in [0.3, 0.4) is 0 Å². The summed E-state index contributed by atoms with van der Waals surface area (Å²) in [6.07, 6.45) is 0. The van der Waals surface area contributed by atoms with Gasteiger partial charge in [-0.1, -0.05) is 408 Å². The van der Waals surface area contributed by atoms with Gasteiger partial charge in [-0.25, -0.2) is 29.9 Å². The zero-order valence-electron chi connectivity index (χ0n) is 68.8. The van der Waals surface area contributed by atoms with Crippen LogP contribution in [0.15, 0.2) is 413 Å². The van der Waals surface area contributed by atoms with Crippen LogP contribution in [-0.2, 0) is 10.8 Å². The number of fused-ring (bicyclic) bond motifs is 22. The van der Waals surface area contributed by atoms with E-state index in [1.165, 1.54) is 142 Å². The topological polar surface area (TPSA) is 87.2 Å². The van der Waals surface area contributed by atoms with Gasteiger partial charge in [0.05, 0.1) is 44.3 Å². The Morgan fingerprint density at radius 3 is 0.911 bits per heavy atom. The summed E-state index contributed by atoms with van der Waals surface area (Å²) < 4.78 is 5.05. The Balaban J connectivity index is 0.000000140. The largest absolute Gasteiger partial charge is 0.309 e. The van der Waals surface area contributed by atoms with E-state index in [1.54, 1.807) is 0 Å². The molecule has 584 valence electrons. The highest BCUT2D eigenvalue weighted by Crippen LogP contribution is 2.58. The molecule has 0 amide bonds. The SMILES string of the molecule is C[Si]1(C)c2ccccc2C2(c3ccccc3-n3c4ccccc4c4cccc2c43)c2cccc(-c3ccc(-c4nc(-c5ccccc5)nc(-c5ccc(-c6ccccc6)cc5)n4)cc3)c21.C[Si]1(C)c2ccccc2C2(c3ccccc3-n3c4ccccc4c4cccc2c43)c2cccc(-c3cccc(-c4nc(-c5ccccc5)nc(-c5ccccc5)n4)c3)c21. The van der Waals surface area contributed by atoms with E-state index in [9.17, 15) is 0 Å². The quantitative estimate of drug-likeness (QED) is 0.134. The molecule has 0 aliphatic carbocycles. The zero-order chi connectivity index (χ0) is 82.6. The van der Waals surface area contributed by atoms with E-state index >= 15 is 0 Å². The number of nitrogens with zero attached hydrogens (tertiary/aromatic N) is 8. The van der Waals surface area contributed by atoms with Crippen molar-refractivity contribution in [1.29, 1.82) is 0 Å². The van der Waals surface area contributed by atoms with Crippen molar-refractivity contribution in [2.24, 2.45) is 0 Å². The van der Waals surface area contributed by atoms with E-state index in [0.29, 0.717) is 34.9 Å². The highest BCUT2D eigenvalue weighted by molar-refractivity contribution is 7.03. The van der Waals surface area contributed by atoms with Gasteiger partial charge in [0.2, 0.25) is 0 Å². The fourth-order valence-corrected chi connectivity index (χ4v) is 28.9. The van der Waals surface area contributed by atoms with Crippen LogP contribution in [0.5, 0.6) is 0 Å². The van der Waals surface area contributed by atoms with Gasteiger partial charge in [-0.15, -0.1) is 0 Å². The molecule has 0 bridgehead atoms. The number of benzene rings is 17. The van der Waals surface area contributed by atoms with Crippen LogP contribution in [0, 0.1) is 0 Å². The second-order valence-electron chi connectivity index (χ2n) is 34.3. The summed E-state index contributed by atoms with van der Waals surface area (Å²) in [5, 5.41) is 11.1.